The number of halogens is 1. The molecular formula is C31H33BrN4O4. The fourth-order valence-corrected chi connectivity index (χ4v) is 4.88. The van der Waals surface area contributed by atoms with Gasteiger partial charge in [0.25, 0.3) is 11.7 Å². The quantitative estimate of drug-likeness (QED) is 0.208. The fourth-order valence-electron chi connectivity index (χ4n) is 4.62. The van der Waals surface area contributed by atoms with Crippen LogP contribution in [0.5, 0.6) is 5.75 Å². The Hall–Kier alpha value is -3.53. The lowest BCUT2D eigenvalue weighted by Crippen LogP contribution is -2.38. The molecule has 40 heavy (non-hydrogen) atoms. The van der Waals surface area contributed by atoms with E-state index in [1.165, 1.54) is 0 Å². The highest BCUT2D eigenvalue weighted by atomic mass is 79.9. The molecule has 0 saturated carbocycles. The van der Waals surface area contributed by atoms with Crippen LogP contribution < -0.4 is 10.1 Å². The standard InChI is InChI=1S/C31H33BrN4O4/c1-31(2,3)27-20-28(36(34-27)22-10-8-21(32)9-11-22)33-30(38)29(37)25-12-13-26(24-7-5-4-6-23(24)25)40-19-16-35-14-17-39-18-15-35/h4-13,20H,14-19H2,1-3H3,(H,33,38). The smallest absolute Gasteiger partial charge is 0.297 e. The number of morpholine rings is 1. The number of aromatic nitrogens is 2. The normalized spacial score (nSPS) is 14.3. The molecule has 0 bridgehead atoms. The van der Waals surface area contributed by atoms with Gasteiger partial charge in [0.05, 0.1) is 24.6 Å². The summed E-state index contributed by atoms with van der Waals surface area (Å²) in [7, 11) is 0. The number of anilines is 1. The zero-order valence-corrected chi connectivity index (χ0v) is 24.5. The maximum absolute atomic E-state index is 13.5. The number of hydrogen-bond acceptors (Lipinski definition) is 6. The number of carbonyl (C=O) groups excluding carboxylic acids is 2. The first kappa shape index (κ1) is 28.0. The minimum absolute atomic E-state index is 0.252. The number of amides is 1. The van der Waals surface area contributed by atoms with E-state index in [1.807, 2.05) is 54.6 Å². The Morgan fingerprint density at radius 1 is 1.00 bits per heavy atom. The predicted molar refractivity (Wildman–Crippen MR) is 160 cm³/mol. The van der Waals surface area contributed by atoms with Gasteiger partial charge in [-0.2, -0.15) is 5.10 Å². The number of nitrogens with one attached hydrogen (secondary N) is 1. The van der Waals surface area contributed by atoms with Gasteiger partial charge >= 0.3 is 0 Å². The third-order valence-corrected chi connectivity index (χ3v) is 7.42. The van der Waals surface area contributed by atoms with Gasteiger partial charge in [0.15, 0.2) is 0 Å². The second-order valence-corrected chi connectivity index (χ2v) is 11.7. The number of nitrogens with zero attached hydrogens (tertiary/aromatic N) is 3. The SMILES string of the molecule is CC(C)(C)c1cc(NC(=O)C(=O)c2ccc(OCCN3CCOCC3)c3ccccc23)n(-c2ccc(Br)cc2)n1. The van der Waals surface area contributed by atoms with Crippen LogP contribution in [0.1, 0.15) is 36.8 Å². The first-order valence-electron chi connectivity index (χ1n) is 13.4. The molecular weight excluding hydrogens is 572 g/mol. The van der Waals surface area contributed by atoms with Crippen molar-refractivity contribution in [3.05, 3.63) is 82.5 Å². The van der Waals surface area contributed by atoms with Gasteiger partial charge in [0.2, 0.25) is 0 Å². The van der Waals surface area contributed by atoms with Gasteiger partial charge < -0.3 is 14.8 Å². The fraction of sp³-hybridized carbons (Fsp3) is 0.323. The van der Waals surface area contributed by atoms with Gasteiger partial charge in [-0.1, -0.05) is 61.0 Å². The summed E-state index contributed by atoms with van der Waals surface area (Å²) in [5.41, 5.74) is 1.63. The minimum Gasteiger partial charge on any atom is -0.492 e. The van der Waals surface area contributed by atoms with Crippen molar-refractivity contribution in [3.8, 4) is 11.4 Å². The molecule has 1 N–H and O–H groups in total. The summed E-state index contributed by atoms with van der Waals surface area (Å²) in [5, 5.41) is 9.02. The topological polar surface area (TPSA) is 85.7 Å². The molecule has 1 aromatic heterocycles. The Kier molecular flexibility index (Phi) is 8.35. The Bertz CT molecular complexity index is 1520. The average Bonchev–Trinajstić information content (AvgIpc) is 3.38. The molecule has 1 fully saturated rings. The van der Waals surface area contributed by atoms with Gasteiger partial charge in [-0.25, -0.2) is 4.68 Å². The Labute approximate surface area is 242 Å². The zero-order chi connectivity index (χ0) is 28.3. The van der Waals surface area contributed by atoms with E-state index >= 15 is 0 Å². The molecule has 1 aliphatic rings. The molecule has 0 atom stereocenters. The molecule has 1 saturated heterocycles. The van der Waals surface area contributed by atoms with Crippen LogP contribution in [0.3, 0.4) is 0 Å². The largest absolute Gasteiger partial charge is 0.492 e. The van der Waals surface area contributed by atoms with E-state index in [0.29, 0.717) is 29.1 Å². The Morgan fingerprint density at radius 3 is 2.40 bits per heavy atom. The van der Waals surface area contributed by atoms with Crippen LogP contribution in [-0.4, -0.2) is 65.8 Å². The van der Waals surface area contributed by atoms with E-state index < -0.39 is 11.7 Å². The lowest BCUT2D eigenvalue weighted by Gasteiger charge is -2.26. The number of carbonyl (C=O) groups is 2. The van der Waals surface area contributed by atoms with Crippen LogP contribution in [0.4, 0.5) is 5.82 Å². The monoisotopic (exact) mass is 604 g/mol. The van der Waals surface area contributed by atoms with Crippen LogP contribution in [0, 0.1) is 0 Å². The molecule has 0 unspecified atom stereocenters. The molecule has 0 spiro atoms. The van der Waals surface area contributed by atoms with Gasteiger partial charge in [-0.3, -0.25) is 14.5 Å². The number of ketones is 1. The maximum atomic E-state index is 13.5. The second-order valence-electron chi connectivity index (χ2n) is 10.8. The summed E-state index contributed by atoms with van der Waals surface area (Å²) in [6.07, 6.45) is 0. The maximum Gasteiger partial charge on any atom is 0.297 e. The highest BCUT2D eigenvalue weighted by Crippen LogP contribution is 2.30. The van der Waals surface area contributed by atoms with Crippen molar-refractivity contribution < 1.29 is 19.1 Å². The van der Waals surface area contributed by atoms with E-state index in [9.17, 15) is 9.59 Å². The molecule has 5 rings (SSSR count). The zero-order valence-electron chi connectivity index (χ0n) is 22.9. The summed E-state index contributed by atoms with van der Waals surface area (Å²) in [5.74, 6) is -0.247. The van der Waals surface area contributed by atoms with Crippen molar-refractivity contribution in [1.29, 1.82) is 0 Å². The number of benzene rings is 3. The Morgan fingerprint density at radius 2 is 1.70 bits per heavy atom. The summed E-state index contributed by atoms with van der Waals surface area (Å²) >= 11 is 3.46. The van der Waals surface area contributed by atoms with E-state index in [0.717, 1.165) is 54.1 Å². The van der Waals surface area contributed by atoms with Crippen molar-refractivity contribution in [3.63, 3.8) is 0 Å². The molecule has 4 aromatic rings. The Balaban J connectivity index is 1.38. The molecule has 2 heterocycles. The summed E-state index contributed by atoms with van der Waals surface area (Å²) in [6.45, 7) is 10.7. The summed E-state index contributed by atoms with van der Waals surface area (Å²) < 4.78 is 14.1. The van der Waals surface area contributed by atoms with Gasteiger partial charge in [0, 0.05) is 46.5 Å². The molecule has 208 valence electrons. The highest BCUT2D eigenvalue weighted by molar-refractivity contribution is 9.10. The first-order valence-corrected chi connectivity index (χ1v) is 14.2. The number of ether oxygens (including phenoxy) is 2. The van der Waals surface area contributed by atoms with Gasteiger partial charge in [-0.15, -0.1) is 0 Å². The lowest BCUT2D eigenvalue weighted by atomic mass is 9.92. The molecule has 1 amide bonds. The molecule has 1 aliphatic heterocycles. The van der Waals surface area contributed by atoms with Crippen LogP contribution >= 0.6 is 15.9 Å². The minimum atomic E-state index is -0.732. The van der Waals surface area contributed by atoms with E-state index in [-0.39, 0.29) is 5.41 Å². The lowest BCUT2D eigenvalue weighted by molar-refractivity contribution is -0.112. The highest BCUT2D eigenvalue weighted by Gasteiger charge is 2.25. The molecule has 9 heteroatoms. The van der Waals surface area contributed by atoms with Crippen LogP contribution in [-0.2, 0) is 14.9 Å². The molecule has 8 nitrogen and oxygen atoms in total. The van der Waals surface area contributed by atoms with Crippen LogP contribution in [0.2, 0.25) is 0 Å². The van der Waals surface area contributed by atoms with Crippen molar-refractivity contribution in [2.45, 2.75) is 26.2 Å². The van der Waals surface area contributed by atoms with Crippen LogP contribution in [0.25, 0.3) is 16.5 Å². The van der Waals surface area contributed by atoms with Gasteiger partial charge in [0.1, 0.15) is 18.2 Å². The number of hydrogen-bond donors (Lipinski definition) is 1. The second kappa shape index (κ2) is 11.9. The third-order valence-electron chi connectivity index (χ3n) is 6.89. The van der Waals surface area contributed by atoms with Crippen molar-refractivity contribution >= 4 is 44.2 Å². The number of fused-ring (bicyclic) bond motifs is 1. The average molecular weight is 606 g/mol. The summed E-state index contributed by atoms with van der Waals surface area (Å²) in [6, 6.07) is 20.4. The van der Waals surface area contributed by atoms with Gasteiger partial charge in [-0.05, 0) is 41.8 Å². The van der Waals surface area contributed by atoms with Crippen LogP contribution in [0.15, 0.2) is 71.2 Å². The third kappa shape index (κ3) is 6.27. The summed E-state index contributed by atoms with van der Waals surface area (Å²) in [4.78, 5) is 29.1. The van der Waals surface area contributed by atoms with Crippen molar-refractivity contribution in [2.75, 3.05) is 44.8 Å². The van der Waals surface area contributed by atoms with E-state index in [4.69, 9.17) is 14.6 Å². The number of rotatable bonds is 8. The van der Waals surface area contributed by atoms with Crippen molar-refractivity contribution in [1.82, 2.24) is 14.7 Å². The molecule has 0 radical (unpaired) electrons. The van der Waals surface area contributed by atoms with E-state index in [2.05, 4.69) is 46.9 Å². The molecule has 0 aliphatic carbocycles. The van der Waals surface area contributed by atoms with E-state index in [1.54, 1.807) is 16.8 Å². The first-order chi connectivity index (χ1) is 19.2. The number of Topliss-reactive ketones (excluding diaryl/α,β-unsaturated/α-hetero) is 1. The predicted octanol–water partition coefficient (Wildman–Crippen LogP) is 5.62. The molecule has 3 aromatic carbocycles. The van der Waals surface area contributed by atoms with Crippen molar-refractivity contribution in [2.24, 2.45) is 0 Å².